The Balaban J connectivity index is 1.85. The fourth-order valence-electron chi connectivity index (χ4n) is 2.18. The number of carbonyl (C=O) groups is 1. The number of amides is 1. The SMILES string of the molecule is Nc1nccc(-c2cccc(NC(=O)c3cc(F)cc(F)c3)c2)n1. The number of hydrogen-bond acceptors (Lipinski definition) is 4. The Bertz CT molecular complexity index is 894. The van der Waals surface area contributed by atoms with Crippen LogP contribution in [0.15, 0.2) is 54.7 Å². The number of nitrogen functional groups attached to an aromatic ring is 1. The van der Waals surface area contributed by atoms with Crippen LogP contribution >= 0.6 is 0 Å². The van der Waals surface area contributed by atoms with Crippen molar-refractivity contribution in [2.45, 2.75) is 0 Å². The summed E-state index contributed by atoms with van der Waals surface area (Å²) in [6, 6.07) is 11.2. The fourth-order valence-corrected chi connectivity index (χ4v) is 2.18. The zero-order valence-electron chi connectivity index (χ0n) is 12.3. The molecule has 0 saturated heterocycles. The molecule has 0 fully saturated rings. The van der Waals surface area contributed by atoms with E-state index in [9.17, 15) is 13.6 Å². The van der Waals surface area contributed by atoms with Crippen molar-refractivity contribution >= 4 is 17.5 Å². The first-order valence-corrected chi connectivity index (χ1v) is 6.98. The second-order valence-corrected chi connectivity index (χ2v) is 4.99. The average molecular weight is 326 g/mol. The van der Waals surface area contributed by atoms with Gasteiger partial charge in [-0.1, -0.05) is 12.1 Å². The van der Waals surface area contributed by atoms with Gasteiger partial charge in [0.15, 0.2) is 0 Å². The quantitative estimate of drug-likeness (QED) is 0.774. The van der Waals surface area contributed by atoms with Crippen molar-refractivity contribution in [2.24, 2.45) is 0 Å². The van der Waals surface area contributed by atoms with Crippen molar-refractivity contribution in [3.8, 4) is 11.3 Å². The maximum atomic E-state index is 13.2. The Labute approximate surface area is 136 Å². The summed E-state index contributed by atoms with van der Waals surface area (Å²) >= 11 is 0. The van der Waals surface area contributed by atoms with Gasteiger partial charge in [0.25, 0.3) is 5.91 Å². The summed E-state index contributed by atoms with van der Waals surface area (Å²) in [7, 11) is 0. The lowest BCUT2D eigenvalue weighted by Crippen LogP contribution is -2.12. The van der Waals surface area contributed by atoms with E-state index in [1.807, 2.05) is 0 Å². The number of halogens is 2. The smallest absolute Gasteiger partial charge is 0.255 e. The molecule has 0 saturated carbocycles. The Morgan fingerprint density at radius 1 is 1.04 bits per heavy atom. The van der Waals surface area contributed by atoms with Crippen LogP contribution in [-0.4, -0.2) is 15.9 Å². The first-order valence-electron chi connectivity index (χ1n) is 6.98. The molecule has 1 aromatic heterocycles. The first-order chi connectivity index (χ1) is 11.5. The fraction of sp³-hybridized carbons (Fsp3) is 0. The van der Waals surface area contributed by atoms with Gasteiger partial charge >= 0.3 is 0 Å². The molecule has 0 radical (unpaired) electrons. The van der Waals surface area contributed by atoms with Gasteiger partial charge < -0.3 is 11.1 Å². The Morgan fingerprint density at radius 3 is 2.50 bits per heavy atom. The molecule has 0 aliphatic heterocycles. The standard InChI is InChI=1S/C17H12F2N4O/c18-12-6-11(7-13(19)9-12)16(24)22-14-3-1-2-10(8-14)15-4-5-21-17(20)23-15/h1-9H,(H,22,24)(H2,20,21,23). The highest BCUT2D eigenvalue weighted by atomic mass is 19.1. The number of aromatic nitrogens is 2. The lowest BCUT2D eigenvalue weighted by molar-refractivity contribution is 0.102. The van der Waals surface area contributed by atoms with Crippen LogP contribution in [0.3, 0.4) is 0 Å². The molecule has 3 aromatic rings. The van der Waals surface area contributed by atoms with E-state index in [-0.39, 0.29) is 11.5 Å². The van der Waals surface area contributed by atoms with E-state index < -0.39 is 17.5 Å². The molecule has 2 aromatic carbocycles. The Hall–Kier alpha value is -3.35. The van der Waals surface area contributed by atoms with Gasteiger partial charge in [0.1, 0.15) is 11.6 Å². The minimum absolute atomic E-state index is 0.107. The third-order valence-corrected chi connectivity index (χ3v) is 3.22. The highest BCUT2D eigenvalue weighted by Gasteiger charge is 2.10. The summed E-state index contributed by atoms with van der Waals surface area (Å²) < 4.78 is 26.4. The maximum Gasteiger partial charge on any atom is 0.255 e. The molecule has 1 amide bonds. The molecule has 24 heavy (non-hydrogen) atoms. The van der Waals surface area contributed by atoms with Crippen LogP contribution in [0, 0.1) is 11.6 Å². The summed E-state index contributed by atoms with van der Waals surface area (Å²) in [6.45, 7) is 0. The highest BCUT2D eigenvalue weighted by molar-refractivity contribution is 6.04. The van der Waals surface area contributed by atoms with Gasteiger partial charge in [-0.05, 0) is 30.3 Å². The zero-order valence-corrected chi connectivity index (χ0v) is 12.3. The van der Waals surface area contributed by atoms with Crippen molar-refractivity contribution in [1.29, 1.82) is 0 Å². The van der Waals surface area contributed by atoms with Crippen LogP contribution in [0.5, 0.6) is 0 Å². The van der Waals surface area contributed by atoms with Gasteiger partial charge in [-0.3, -0.25) is 4.79 Å². The highest BCUT2D eigenvalue weighted by Crippen LogP contribution is 2.21. The topological polar surface area (TPSA) is 80.9 Å². The van der Waals surface area contributed by atoms with Crippen LogP contribution < -0.4 is 11.1 Å². The molecule has 0 aliphatic carbocycles. The average Bonchev–Trinajstić information content (AvgIpc) is 2.54. The maximum absolute atomic E-state index is 13.2. The minimum atomic E-state index is -0.814. The number of nitrogens with zero attached hydrogens (tertiary/aromatic N) is 2. The monoisotopic (exact) mass is 326 g/mol. The molecule has 0 atom stereocenters. The predicted octanol–water partition coefficient (Wildman–Crippen LogP) is 3.26. The third-order valence-electron chi connectivity index (χ3n) is 3.22. The van der Waals surface area contributed by atoms with E-state index in [1.54, 1.807) is 30.3 Å². The summed E-state index contributed by atoms with van der Waals surface area (Å²) in [5.41, 5.74) is 7.21. The van der Waals surface area contributed by atoms with Gasteiger partial charge in [-0.25, -0.2) is 18.7 Å². The molecular weight excluding hydrogens is 314 g/mol. The number of nitrogens with two attached hydrogens (primary N) is 1. The van der Waals surface area contributed by atoms with Crippen LogP contribution in [0.25, 0.3) is 11.3 Å². The number of carbonyl (C=O) groups excluding carboxylic acids is 1. The van der Waals surface area contributed by atoms with E-state index >= 15 is 0 Å². The van der Waals surface area contributed by atoms with Crippen molar-refractivity contribution in [1.82, 2.24) is 9.97 Å². The largest absolute Gasteiger partial charge is 0.368 e. The van der Waals surface area contributed by atoms with Gasteiger partial charge in [0, 0.05) is 29.1 Å². The summed E-state index contributed by atoms with van der Waals surface area (Å²) in [4.78, 5) is 20.0. The Morgan fingerprint density at radius 2 is 1.79 bits per heavy atom. The normalized spacial score (nSPS) is 10.4. The molecule has 5 nitrogen and oxygen atoms in total. The van der Waals surface area contributed by atoms with Crippen LogP contribution in [0.1, 0.15) is 10.4 Å². The van der Waals surface area contributed by atoms with Crippen LogP contribution in [0.4, 0.5) is 20.4 Å². The summed E-state index contributed by atoms with van der Waals surface area (Å²) in [6.07, 6.45) is 1.53. The molecule has 7 heteroatoms. The van der Waals surface area contributed by atoms with E-state index in [0.717, 1.165) is 12.1 Å². The molecule has 0 bridgehead atoms. The zero-order chi connectivity index (χ0) is 17.1. The summed E-state index contributed by atoms with van der Waals surface area (Å²) in [5.74, 6) is -2.11. The molecule has 0 unspecified atom stereocenters. The van der Waals surface area contributed by atoms with Gasteiger partial charge in [-0.15, -0.1) is 0 Å². The third kappa shape index (κ3) is 3.52. The number of hydrogen-bond donors (Lipinski definition) is 2. The van der Waals surface area contributed by atoms with Crippen molar-refractivity contribution in [3.05, 3.63) is 71.9 Å². The van der Waals surface area contributed by atoms with Crippen molar-refractivity contribution < 1.29 is 13.6 Å². The van der Waals surface area contributed by atoms with E-state index in [2.05, 4.69) is 15.3 Å². The molecule has 0 aliphatic rings. The predicted molar refractivity (Wildman–Crippen MR) is 86.2 cm³/mol. The molecule has 120 valence electrons. The number of benzene rings is 2. The molecule has 0 spiro atoms. The second kappa shape index (κ2) is 6.41. The minimum Gasteiger partial charge on any atom is -0.368 e. The second-order valence-electron chi connectivity index (χ2n) is 4.99. The lowest BCUT2D eigenvalue weighted by atomic mass is 10.1. The summed E-state index contributed by atoms with van der Waals surface area (Å²) in [5, 5.41) is 2.59. The van der Waals surface area contributed by atoms with Gasteiger partial charge in [-0.2, -0.15) is 0 Å². The van der Waals surface area contributed by atoms with E-state index in [0.29, 0.717) is 23.0 Å². The van der Waals surface area contributed by atoms with E-state index in [4.69, 9.17) is 5.73 Å². The Kier molecular flexibility index (Phi) is 4.15. The van der Waals surface area contributed by atoms with Crippen LogP contribution in [-0.2, 0) is 0 Å². The van der Waals surface area contributed by atoms with Gasteiger partial charge in [0.2, 0.25) is 5.95 Å². The van der Waals surface area contributed by atoms with Crippen molar-refractivity contribution in [3.63, 3.8) is 0 Å². The first kappa shape index (κ1) is 15.5. The molecular formula is C17H12F2N4O. The van der Waals surface area contributed by atoms with Gasteiger partial charge in [0.05, 0.1) is 5.69 Å². The van der Waals surface area contributed by atoms with E-state index in [1.165, 1.54) is 6.20 Å². The van der Waals surface area contributed by atoms with Crippen molar-refractivity contribution in [2.75, 3.05) is 11.1 Å². The van der Waals surface area contributed by atoms with Crippen LogP contribution in [0.2, 0.25) is 0 Å². The molecule has 3 N–H and O–H groups in total. The number of nitrogens with one attached hydrogen (secondary N) is 1. The molecule has 1 heterocycles. The number of rotatable bonds is 3. The number of anilines is 2. The molecule has 3 rings (SSSR count). The lowest BCUT2D eigenvalue weighted by Gasteiger charge is -2.08.